The molecule has 7 amide bonds. The van der Waals surface area contributed by atoms with Crippen LogP contribution in [-0.2, 0) is 76.4 Å². The van der Waals surface area contributed by atoms with Crippen LogP contribution in [0.15, 0.2) is 25.3 Å². The van der Waals surface area contributed by atoms with Gasteiger partial charge in [-0.2, -0.15) is 0 Å². The predicted molar refractivity (Wildman–Crippen MR) is 348 cm³/mol. The smallest absolute Gasteiger partial charge is 0.331 e. The van der Waals surface area contributed by atoms with Crippen LogP contribution in [0, 0.1) is 35.5 Å². The van der Waals surface area contributed by atoms with Crippen molar-refractivity contribution in [3.63, 3.8) is 0 Å². The van der Waals surface area contributed by atoms with E-state index >= 15 is 0 Å². The van der Waals surface area contributed by atoms with Gasteiger partial charge in [0.2, 0.25) is 89.2 Å². The van der Waals surface area contributed by atoms with Gasteiger partial charge >= 0.3 is 23.9 Å². The van der Waals surface area contributed by atoms with E-state index in [0.29, 0.717) is 82.5 Å². The molecule has 5 N–H and O–H groups in total. The van der Waals surface area contributed by atoms with Crippen LogP contribution in [0.2, 0.25) is 0 Å². The van der Waals surface area contributed by atoms with Gasteiger partial charge in [0.25, 0.3) is 0 Å². The monoisotopic (exact) mass is 1300 g/mol. The number of carbonyl (C=O) groups is 11. The van der Waals surface area contributed by atoms with Gasteiger partial charge in [0.15, 0.2) is 0 Å². The standard InChI is InChI=1S/C10H16BNO3.2C9H14BNO4.C7H10BNO.2C6H10BNO2.C6H11NO2.C5H8O2.C2H6/c1-7-6-9(13)12(11)8(7)4-3-5-10(14)15-2;1-6-3-8(12)11(10)7(6)4-15-5-9(13)14-2;1-15-9(14)4-2-3-6-7(12)5-8(13)11(6)10;1-3-6-5(2)4-7(10)9(6)8;2*1-4-2-6(10)8(7)5(4)3-9;1-4-2-6(9)7-5(4)3-8;1-3-4-5(6)7-2;1-2/h7-8H,3-6H2,1-2H3;6-7H,3-5H2,1-2H3;6-7,12H,2-5H2,1H3;3,5-6H,1,4H2,2H3;2*4-5,9H,2-3H2,1H3;4-5,8H,2-3H2,1H3,(H,7,9);3H,1,4H2,2H3;1-2H3. The number of aliphatic hydroxyl groups is 4. The Morgan fingerprint density at radius 2 is 0.839 bits per heavy atom. The molecule has 7 saturated heterocycles. The van der Waals surface area contributed by atoms with Crippen molar-refractivity contribution in [2.75, 3.05) is 61.5 Å². The van der Waals surface area contributed by atoms with E-state index in [0.717, 1.165) is 20.9 Å². The number of methoxy groups -OCH3 is 4. The van der Waals surface area contributed by atoms with Gasteiger partial charge in [0.1, 0.15) is 6.61 Å². The van der Waals surface area contributed by atoms with E-state index in [4.69, 9.17) is 67.9 Å². The van der Waals surface area contributed by atoms with Crippen LogP contribution in [0.4, 0.5) is 0 Å². The summed E-state index contributed by atoms with van der Waals surface area (Å²) in [5, 5.41) is 38.3. The lowest BCUT2D eigenvalue weighted by atomic mass is 9.96. The fourth-order valence-electron chi connectivity index (χ4n) is 10.2. The van der Waals surface area contributed by atoms with Crippen LogP contribution in [0.25, 0.3) is 0 Å². The fourth-order valence-corrected chi connectivity index (χ4v) is 10.2. The van der Waals surface area contributed by atoms with Crippen molar-refractivity contribution in [3.05, 3.63) is 25.3 Å². The molecule has 7 aliphatic heterocycles. The van der Waals surface area contributed by atoms with E-state index in [1.807, 2.05) is 55.4 Å². The number of nitrogens with zero attached hydrogens (tertiary/aromatic N) is 6. The Balaban J connectivity index is 0. The lowest BCUT2D eigenvalue weighted by Crippen LogP contribution is -2.36. The lowest BCUT2D eigenvalue weighted by molar-refractivity contribution is -0.146. The molecular formula is C60H99B6N7O20. The third kappa shape index (κ3) is 31.3. The average molecular weight is 1300 g/mol. The molecule has 7 rings (SSSR count). The molecule has 7 heterocycles. The van der Waals surface area contributed by atoms with Crippen molar-refractivity contribution in [2.24, 2.45) is 35.5 Å². The molecule has 0 bridgehead atoms. The number of esters is 4. The minimum atomic E-state index is -0.722. The average Bonchev–Trinajstić information content (AvgIpc) is 1.86. The minimum absolute atomic E-state index is 0.00231. The zero-order valence-corrected chi connectivity index (χ0v) is 56.6. The Morgan fingerprint density at radius 3 is 1.09 bits per heavy atom. The number of rotatable bonds is 18. The molecule has 0 aromatic rings. The zero-order chi connectivity index (χ0) is 72.0. The quantitative estimate of drug-likeness (QED) is 0.0517. The van der Waals surface area contributed by atoms with E-state index in [1.54, 1.807) is 6.08 Å². The minimum Gasteiger partial charge on any atom is -0.469 e. The molecule has 7 fully saturated rings. The van der Waals surface area contributed by atoms with Crippen molar-refractivity contribution in [3.8, 4) is 0 Å². The molecule has 0 spiro atoms. The van der Waals surface area contributed by atoms with Crippen LogP contribution >= 0.6 is 0 Å². The Bertz CT molecular complexity index is 2220. The number of aliphatic hydroxyl groups excluding tert-OH is 4. The van der Waals surface area contributed by atoms with Gasteiger partial charge in [-0.1, -0.05) is 67.5 Å². The topological polar surface area (TPSA) is 346 Å². The molecule has 93 heavy (non-hydrogen) atoms. The fraction of sp³-hybridized carbons (Fsp3) is 0.750. The summed E-state index contributed by atoms with van der Waals surface area (Å²) in [6, 6.07) is -0.767. The Kier molecular flexibility index (Phi) is 45.6. The third-order valence-electron chi connectivity index (χ3n) is 16.2. The van der Waals surface area contributed by atoms with E-state index in [2.05, 4.69) is 37.4 Å². The van der Waals surface area contributed by atoms with Crippen LogP contribution in [0.3, 0.4) is 0 Å². The second-order valence-electron chi connectivity index (χ2n) is 23.0. The molecule has 0 saturated carbocycles. The highest BCUT2D eigenvalue weighted by molar-refractivity contribution is 6.17. The normalized spacial score (nSPS) is 27.2. The van der Waals surface area contributed by atoms with Gasteiger partial charge in [-0.05, 0) is 61.2 Å². The van der Waals surface area contributed by atoms with Gasteiger partial charge in [-0.25, -0.2) is 4.79 Å². The number of ether oxygens (including phenoxy) is 5. The summed E-state index contributed by atoms with van der Waals surface area (Å²) in [6.45, 7) is 22.8. The Morgan fingerprint density at radius 1 is 0.484 bits per heavy atom. The van der Waals surface area contributed by atoms with Crippen molar-refractivity contribution in [1.82, 2.24) is 34.2 Å². The predicted octanol–water partition coefficient (Wildman–Crippen LogP) is -0.122. The van der Waals surface area contributed by atoms with Gasteiger partial charge in [0.05, 0.1) is 79.9 Å². The maximum Gasteiger partial charge on any atom is 0.331 e. The van der Waals surface area contributed by atoms with Crippen LogP contribution in [0.5, 0.6) is 0 Å². The number of hydrogen-bond acceptors (Lipinski definition) is 20. The molecule has 0 aliphatic carbocycles. The lowest BCUT2D eigenvalue weighted by Gasteiger charge is -2.23. The van der Waals surface area contributed by atoms with E-state index in [-0.39, 0.29) is 171 Å². The highest BCUT2D eigenvalue weighted by Crippen LogP contribution is 2.28. The second-order valence-corrected chi connectivity index (χ2v) is 23.0. The van der Waals surface area contributed by atoms with E-state index in [1.165, 1.54) is 48.9 Å². The van der Waals surface area contributed by atoms with Crippen LogP contribution < -0.4 is 5.32 Å². The molecule has 33 heteroatoms. The molecular weight excluding hydrogens is 1200 g/mol. The number of hydrogen-bond donors (Lipinski definition) is 5. The van der Waals surface area contributed by atoms with Gasteiger partial charge in [-0.3, -0.25) is 47.9 Å². The van der Waals surface area contributed by atoms with Crippen molar-refractivity contribution >= 4 is 113 Å². The summed E-state index contributed by atoms with van der Waals surface area (Å²) in [7, 11) is 38.1. The summed E-state index contributed by atoms with van der Waals surface area (Å²) in [5.41, 5.74) is 0. The summed E-state index contributed by atoms with van der Waals surface area (Å²) >= 11 is 0. The third-order valence-corrected chi connectivity index (χ3v) is 16.2. The molecule has 14 atom stereocenters. The molecule has 0 aromatic carbocycles. The second kappa shape index (κ2) is 47.7. The maximum atomic E-state index is 11.3. The molecule has 512 valence electrons. The van der Waals surface area contributed by atoms with Gasteiger partial charge in [-0.15, -0.1) is 13.2 Å². The molecule has 14 unspecified atom stereocenters. The Labute approximate surface area is 558 Å². The number of amides is 7. The summed E-state index contributed by atoms with van der Waals surface area (Å²) in [4.78, 5) is 126. The zero-order valence-electron chi connectivity index (χ0n) is 56.6. The summed E-state index contributed by atoms with van der Waals surface area (Å²) < 4.78 is 22.8. The molecule has 7 aliphatic rings. The Hall–Kier alpha value is -6.16. The van der Waals surface area contributed by atoms with Gasteiger partial charge in [0, 0.05) is 87.6 Å². The van der Waals surface area contributed by atoms with Gasteiger partial charge < -0.3 is 78.3 Å². The first-order valence-electron chi connectivity index (χ1n) is 31.0. The summed E-state index contributed by atoms with van der Waals surface area (Å²) in [6.07, 6.45) is 9.06. The molecule has 12 radical (unpaired) electrons. The first-order chi connectivity index (χ1) is 43.7. The first kappa shape index (κ1) is 88.9. The largest absolute Gasteiger partial charge is 0.469 e. The SMILES string of the molecule is C=CCC(=O)OC.CC.CC1CC(=O)NC1CO.[B]N1C(=O)CC(C)C1C=C.[B]N1C(=O)CC(C)C1CCCC(=O)OC.[B]N1C(=O)CC(C)C1CO.[B]N1C(=O)CC(C)C1CO.[B]N1C(=O)CC(C)C1COCC(=O)OC.[B]N1C(=O)CC(O)C1CCCC(=O)OC. The number of nitrogens with one attached hydrogen (secondary N) is 1. The summed E-state index contributed by atoms with van der Waals surface area (Å²) in [5.74, 6) is -0.219. The maximum absolute atomic E-state index is 11.3. The van der Waals surface area contributed by atoms with Crippen molar-refractivity contribution in [1.29, 1.82) is 0 Å². The highest BCUT2D eigenvalue weighted by atomic mass is 16.6. The highest BCUT2D eigenvalue weighted by Gasteiger charge is 2.38. The van der Waals surface area contributed by atoms with Crippen LogP contribution in [0.1, 0.15) is 145 Å². The molecule has 0 aromatic heterocycles. The molecule has 27 nitrogen and oxygen atoms in total. The van der Waals surface area contributed by atoms with E-state index in [9.17, 15) is 57.8 Å². The van der Waals surface area contributed by atoms with Crippen molar-refractivity contribution < 1.29 is 96.9 Å². The number of carbonyl (C=O) groups excluding carboxylic acids is 11. The van der Waals surface area contributed by atoms with Crippen LogP contribution in [-0.4, -0.2) is 272 Å². The van der Waals surface area contributed by atoms with E-state index < -0.39 is 12.1 Å². The first-order valence-corrected chi connectivity index (χ1v) is 31.0. The van der Waals surface area contributed by atoms with Crippen molar-refractivity contribution in [2.45, 2.75) is 194 Å².